The Labute approximate surface area is 249 Å². The molecule has 0 aliphatic rings. The third-order valence-corrected chi connectivity index (χ3v) is 7.87. The summed E-state index contributed by atoms with van der Waals surface area (Å²) in [5.74, 6) is 0. The minimum absolute atomic E-state index is 0.543. The largest absolute Gasteiger partial charge is 0.309 e. The first-order valence-electron chi connectivity index (χ1n) is 13.9. The molecular weight excluding hydrogens is 524 g/mol. The number of nitrogens with zero attached hydrogens (tertiary/aromatic N) is 4. The van der Waals surface area contributed by atoms with Crippen molar-refractivity contribution in [2.75, 3.05) is 0 Å². The molecule has 4 heteroatoms. The summed E-state index contributed by atoms with van der Waals surface area (Å²) in [6, 6.07) is 50.8. The number of aromatic nitrogens is 1. The topological polar surface area (TPSA) is 76.3 Å². The van der Waals surface area contributed by atoms with Crippen molar-refractivity contribution in [2.45, 2.75) is 0 Å². The summed E-state index contributed by atoms with van der Waals surface area (Å²) in [6.07, 6.45) is 0. The molecule has 198 valence electrons. The summed E-state index contributed by atoms with van der Waals surface area (Å²) in [7, 11) is 0. The van der Waals surface area contributed by atoms with E-state index in [0.717, 1.165) is 60.9 Å². The van der Waals surface area contributed by atoms with Crippen LogP contribution >= 0.6 is 0 Å². The molecule has 4 nitrogen and oxygen atoms in total. The fourth-order valence-corrected chi connectivity index (χ4v) is 5.93. The Bertz CT molecular complexity index is 2320. The number of hydrogen-bond acceptors (Lipinski definition) is 3. The Morgan fingerprint density at radius 3 is 1.88 bits per heavy atom. The number of para-hydroxylation sites is 1. The molecule has 0 amide bonds. The molecule has 0 radical (unpaired) electrons. The zero-order chi connectivity index (χ0) is 29.3. The molecule has 1 heterocycles. The van der Waals surface area contributed by atoms with Crippen molar-refractivity contribution in [1.82, 2.24) is 4.57 Å². The van der Waals surface area contributed by atoms with Crippen LogP contribution in [0, 0.1) is 34.0 Å². The zero-order valence-electron chi connectivity index (χ0n) is 23.0. The third-order valence-electron chi connectivity index (χ3n) is 7.87. The van der Waals surface area contributed by atoms with Gasteiger partial charge in [0.15, 0.2) is 0 Å². The normalized spacial score (nSPS) is 10.7. The Kier molecular flexibility index (Phi) is 6.26. The van der Waals surface area contributed by atoms with Gasteiger partial charge in [-0.2, -0.15) is 15.8 Å². The van der Waals surface area contributed by atoms with Crippen molar-refractivity contribution in [3.63, 3.8) is 0 Å². The summed E-state index contributed by atoms with van der Waals surface area (Å²) in [4.78, 5) is 0. The number of rotatable bonds is 4. The van der Waals surface area contributed by atoms with E-state index in [1.165, 1.54) is 0 Å². The molecule has 0 saturated heterocycles. The van der Waals surface area contributed by atoms with E-state index in [1.54, 1.807) is 0 Å². The molecule has 0 bridgehead atoms. The molecule has 1 aromatic heterocycles. The van der Waals surface area contributed by atoms with Crippen LogP contribution in [-0.4, -0.2) is 4.57 Å². The van der Waals surface area contributed by atoms with Crippen molar-refractivity contribution in [2.24, 2.45) is 0 Å². The second kappa shape index (κ2) is 10.5. The van der Waals surface area contributed by atoms with E-state index in [0.29, 0.717) is 16.7 Å². The van der Waals surface area contributed by atoms with Crippen LogP contribution in [0.3, 0.4) is 0 Å². The van der Waals surface area contributed by atoms with Crippen LogP contribution in [-0.2, 0) is 0 Å². The van der Waals surface area contributed by atoms with Crippen LogP contribution in [0.1, 0.15) is 16.7 Å². The maximum absolute atomic E-state index is 10.2. The second-order valence-corrected chi connectivity index (χ2v) is 10.4. The molecule has 0 saturated carbocycles. The van der Waals surface area contributed by atoms with Gasteiger partial charge in [-0.1, -0.05) is 84.9 Å². The number of hydrogen-bond donors (Lipinski definition) is 0. The van der Waals surface area contributed by atoms with Gasteiger partial charge in [0.1, 0.15) is 6.07 Å². The predicted octanol–water partition coefficient (Wildman–Crippen LogP) is 9.40. The van der Waals surface area contributed by atoms with Crippen molar-refractivity contribution < 1.29 is 0 Å². The first-order chi connectivity index (χ1) is 21.2. The molecule has 0 fully saturated rings. The molecule has 7 aromatic rings. The zero-order valence-corrected chi connectivity index (χ0v) is 23.0. The average Bonchev–Trinajstić information content (AvgIpc) is 3.41. The highest BCUT2D eigenvalue weighted by Crippen LogP contribution is 2.37. The van der Waals surface area contributed by atoms with Gasteiger partial charge in [0, 0.05) is 27.6 Å². The Morgan fingerprint density at radius 1 is 0.419 bits per heavy atom. The van der Waals surface area contributed by atoms with Gasteiger partial charge >= 0.3 is 0 Å². The van der Waals surface area contributed by atoms with Gasteiger partial charge in [0.05, 0.1) is 39.9 Å². The Morgan fingerprint density at radius 2 is 1.09 bits per heavy atom. The summed E-state index contributed by atoms with van der Waals surface area (Å²) in [5, 5.41) is 31.8. The lowest BCUT2D eigenvalue weighted by atomic mass is 9.91. The van der Waals surface area contributed by atoms with E-state index in [4.69, 9.17) is 0 Å². The molecule has 0 aliphatic heterocycles. The quantitative estimate of drug-likeness (QED) is 0.221. The molecule has 0 aliphatic carbocycles. The molecule has 6 aromatic carbocycles. The number of benzene rings is 6. The molecule has 0 spiro atoms. The van der Waals surface area contributed by atoms with Crippen molar-refractivity contribution >= 4 is 21.8 Å². The van der Waals surface area contributed by atoms with Gasteiger partial charge in [-0.15, -0.1) is 0 Å². The highest BCUT2D eigenvalue weighted by Gasteiger charge is 2.16. The van der Waals surface area contributed by atoms with Crippen LogP contribution in [0.4, 0.5) is 0 Å². The lowest BCUT2D eigenvalue weighted by Crippen LogP contribution is -1.96. The monoisotopic (exact) mass is 546 g/mol. The van der Waals surface area contributed by atoms with E-state index in [2.05, 4.69) is 47.0 Å². The van der Waals surface area contributed by atoms with Gasteiger partial charge < -0.3 is 4.57 Å². The molecule has 43 heavy (non-hydrogen) atoms. The summed E-state index contributed by atoms with van der Waals surface area (Å²) < 4.78 is 2.15. The summed E-state index contributed by atoms with van der Waals surface area (Å²) in [6.45, 7) is 0. The first kappa shape index (κ1) is 25.6. The first-order valence-corrected chi connectivity index (χ1v) is 13.9. The van der Waals surface area contributed by atoms with Crippen molar-refractivity contribution in [3.8, 4) is 57.3 Å². The van der Waals surface area contributed by atoms with Gasteiger partial charge in [0.25, 0.3) is 0 Å². The average molecular weight is 547 g/mol. The van der Waals surface area contributed by atoms with E-state index in [9.17, 15) is 15.8 Å². The highest BCUT2D eigenvalue weighted by molar-refractivity contribution is 6.09. The Hall–Kier alpha value is -6.41. The highest BCUT2D eigenvalue weighted by atomic mass is 15.0. The second-order valence-electron chi connectivity index (χ2n) is 10.4. The molecule has 7 rings (SSSR count). The fourth-order valence-electron chi connectivity index (χ4n) is 5.93. The molecule has 0 N–H and O–H groups in total. The lowest BCUT2D eigenvalue weighted by molar-refractivity contribution is 1.18. The minimum Gasteiger partial charge on any atom is -0.309 e. The van der Waals surface area contributed by atoms with Gasteiger partial charge in [-0.05, 0) is 70.8 Å². The van der Waals surface area contributed by atoms with Gasteiger partial charge in [-0.25, -0.2) is 0 Å². The van der Waals surface area contributed by atoms with Crippen molar-refractivity contribution in [1.29, 1.82) is 15.8 Å². The van der Waals surface area contributed by atoms with Crippen LogP contribution in [0.2, 0.25) is 0 Å². The maximum atomic E-state index is 10.2. The fraction of sp³-hybridized carbons (Fsp3) is 0. The molecule has 0 atom stereocenters. The van der Waals surface area contributed by atoms with Crippen LogP contribution in [0.25, 0.3) is 60.9 Å². The third kappa shape index (κ3) is 4.39. The van der Waals surface area contributed by atoms with Gasteiger partial charge in [-0.3, -0.25) is 0 Å². The summed E-state index contributed by atoms with van der Waals surface area (Å²) >= 11 is 0. The molecule has 0 unspecified atom stereocenters. The van der Waals surface area contributed by atoms with E-state index < -0.39 is 0 Å². The minimum atomic E-state index is 0.543. The van der Waals surface area contributed by atoms with E-state index in [1.807, 2.05) is 109 Å². The van der Waals surface area contributed by atoms with E-state index in [-0.39, 0.29) is 0 Å². The lowest BCUT2D eigenvalue weighted by Gasteiger charge is -2.13. The number of nitriles is 3. The standard InChI is InChI=1S/C39H22N4/c40-23-26-16-17-39-36(20-26)35-12-4-5-15-38(35)43(39)32-19-27(24-41)18-31(22-32)29-10-6-11-30(21-29)34-14-7-13-33(37(34)25-42)28-8-2-1-3-9-28/h1-22H. The maximum Gasteiger partial charge on any atom is 0.100 e. The van der Waals surface area contributed by atoms with E-state index >= 15 is 0 Å². The summed E-state index contributed by atoms with van der Waals surface area (Å²) in [5.41, 5.74) is 10.1. The number of fused-ring (bicyclic) bond motifs is 3. The van der Waals surface area contributed by atoms with Crippen LogP contribution in [0.5, 0.6) is 0 Å². The van der Waals surface area contributed by atoms with Crippen LogP contribution < -0.4 is 0 Å². The predicted molar refractivity (Wildman–Crippen MR) is 171 cm³/mol. The SMILES string of the molecule is N#Cc1cc(-c2cccc(-c3cccc(-c4ccccc4)c3C#N)c2)cc(-n2c3ccccc3c3cc(C#N)ccc32)c1. The van der Waals surface area contributed by atoms with Crippen molar-refractivity contribution in [3.05, 3.63) is 150 Å². The van der Waals surface area contributed by atoms with Crippen LogP contribution in [0.15, 0.2) is 133 Å². The smallest absolute Gasteiger partial charge is 0.100 e. The molecular formula is C39H22N4. The Balaban J connectivity index is 1.40. The van der Waals surface area contributed by atoms with Gasteiger partial charge in [0.2, 0.25) is 0 Å².